The zero-order chi connectivity index (χ0) is 12.3. The van der Waals surface area contributed by atoms with Gasteiger partial charge in [-0.15, -0.1) is 0 Å². The fourth-order valence-corrected chi connectivity index (χ4v) is 2.80. The fourth-order valence-electron chi connectivity index (χ4n) is 2.44. The standard InChI is InChI=1S/C14H21IN2/c1-16-9-7-14(8-10-16)17(2)11-12-3-5-13(15)6-4-12/h3-6,14H,7-11H2,1-2H3. The zero-order valence-corrected chi connectivity index (χ0v) is 12.9. The van der Waals surface area contributed by atoms with E-state index in [4.69, 9.17) is 0 Å². The van der Waals surface area contributed by atoms with Gasteiger partial charge in [0.1, 0.15) is 0 Å². The molecule has 0 radical (unpaired) electrons. The molecular formula is C14H21IN2. The number of hydrogen-bond donors (Lipinski definition) is 0. The van der Waals surface area contributed by atoms with Gasteiger partial charge >= 0.3 is 0 Å². The third kappa shape index (κ3) is 3.93. The Hall–Kier alpha value is -0.130. The summed E-state index contributed by atoms with van der Waals surface area (Å²) >= 11 is 2.36. The number of rotatable bonds is 3. The van der Waals surface area contributed by atoms with Gasteiger partial charge in [0.25, 0.3) is 0 Å². The molecule has 0 unspecified atom stereocenters. The Labute approximate surface area is 118 Å². The lowest BCUT2D eigenvalue weighted by Crippen LogP contribution is -2.41. The molecule has 17 heavy (non-hydrogen) atoms. The van der Waals surface area contributed by atoms with Crippen molar-refractivity contribution >= 4 is 22.6 Å². The molecule has 1 aliphatic rings. The summed E-state index contributed by atoms with van der Waals surface area (Å²) in [7, 11) is 4.48. The molecule has 2 nitrogen and oxygen atoms in total. The van der Waals surface area contributed by atoms with Gasteiger partial charge in [-0.05, 0) is 80.3 Å². The topological polar surface area (TPSA) is 6.48 Å². The summed E-state index contributed by atoms with van der Waals surface area (Å²) in [5.74, 6) is 0. The molecule has 1 aromatic carbocycles. The molecule has 0 aromatic heterocycles. The predicted octanol–water partition coefficient (Wildman–Crippen LogP) is 2.82. The highest BCUT2D eigenvalue weighted by Crippen LogP contribution is 2.17. The van der Waals surface area contributed by atoms with E-state index >= 15 is 0 Å². The first-order valence-corrected chi connectivity index (χ1v) is 7.36. The van der Waals surface area contributed by atoms with Crippen LogP contribution in [0.25, 0.3) is 0 Å². The van der Waals surface area contributed by atoms with Crippen molar-refractivity contribution in [1.29, 1.82) is 0 Å². The maximum Gasteiger partial charge on any atom is 0.0233 e. The van der Waals surface area contributed by atoms with Crippen molar-refractivity contribution in [2.45, 2.75) is 25.4 Å². The van der Waals surface area contributed by atoms with Crippen LogP contribution in [-0.2, 0) is 6.54 Å². The largest absolute Gasteiger partial charge is 0.306 e. The fraction of sp³-hybridized carbons (Fsp3) is 0.571. The summed E-state index contributed by atoms with van der Waals surface area (Å²) in [6.45, 7) is 3.55. The summed E-state index contributed by atoms with van der Waals surface area (Å²) < 4.78 is 1.31. The van der Waals surface area contributed by atoms with Gasteiger partial charge in [0.05, 0.1) is 0 Å². The first kappa shape index (κ1) is 13.3. The van der Waals surface area contributed by atoms with Crippen molar-refractivity contribution in [3.63, 3.8) is 0 Å². The van der Waals surface area contributed by atoms with Crippen molar-refractivity contribution < 1.29 is 0 Å². The molecule has 1 fully saturated rings. The van der Waals surface area contributed by atoms with Crippen LogP contribution in [0.15, 0.2) is 24.3 Å². The molecule has 0 spiro atoms. The molecule has 0 N–H and O–H groups in total. The summed E-state index contributed by atoms with van der Waals surface area (Å²) in [5.41, 5.74) is 1.42. The first-order valence-electron chi connectivity index (χ1n) is 6.28. The van der Waals surface area contributed by atoms with Crippen LogP contribution in [0, 0.1) is 3.57 Å². The highest BCUT2D eigenvalue weighted by atomic mass is 127. The van der Waals surface area contributed by atoms with Gasteiger partial charge in [-0.1, -0.05) is 12.1 Å². The lowest BCUT2D eigenvalue weighted by atomic mass is 10.0. The van der Waals surface area contributed by atoms with E-state index in [1.807, 2.05) is 0 Å². The van der Waals surface area contributed by atoms with E-state index in [-0.39, 0.29) is 0 Å². The van der Waals surface area contributed by atoms with Crippen LogP contribution in [0.5, 0.6) is 0 Å². The lowest BCUT2D eigenvalue weighted by molar-refractivity contribution is 0.139. The molecule has 0 atom stereocenters. The van der Waals surface area contributed by atoms with E-state index < -0.39 is 0 Å². The normalized spacial score (nSPS) is 18.8. The van der Waals surface area contributed by atoms with Crippen LogP contribution in [0.3, 0.4) is 0 Å². The second kappa shape index (κ2) is 6.16. The van der Waals surface area contributed by atoms with Gasteiger partial charge in [0.15, 0.2) is 0 Å². The summed E-state index contributed by atoms with van der Waals surface area (Å²) in [6, 6.07) is 9.63. The Kier molecular flexibility index (Phi) is 4.82. The Bertz CT molecular complexity index is 342. The number of piperidine rings is 1. The van der Waals surface area contributed by atoms with Crippen molar-refractivity contribution in [3.8, 4) is 0 Å². The van der Waals surface area contributed by atoms with Crippen LogP contribution in [0.2, 0.25) is 0 Å². The minimum absolute atomic E-state index is 0.755. The highest BCUT2D eigenvalue weighted by Gasteiger charge is 2.20. The maximum atomic E-state index is 2.51. The van der Waals surface area contributed by atoms with Gasteiger partial charge in [0.2, 0.25) is 0 Å². The number of hydrogen-bond acceptors (Lipinski definition) is 2. The zero-order valence-electron chi connectivity index (χ0n) is 10.7. The molecule has 2 rings (SSSR count). The molecule has 0 saturated carbocycles. The monoisotopic (exact) mass is 344 g/mol. The SMILES string of the molecule is CN1CCC(N(C)Cc2ccc(I)cc2)CC1. The second-order valence-corrected chi connectivity index (χ2v) is 6.32. The Morgan fingerprint density at radius 2 is 1.82 bits per heavy atom. The van der Waals surface area contributed by atoms with E-state index in [1.54, 1.807) is 0 Å². The van der Waals surface area contributed by atoms with E-state index in [0.29, 0.717) is 0 Å². The molecule has 1 aromatic rings. The molecule has 0 aliphatic carbocycles. The number of benzene rings is 1. The second-order valence-electron chi connectivity index (χ2n) is 5.08. The van der Waals surface area contributed by atoms with Crippen molar-refractivity contribution in [3.05, 3.63) is 33.4 Å². The third-order valence-electron chi connectivity index (χ3n) is 3.66. The van der Waals surface area contributed by atoms with Gasteiger partial charge < -0.3 is 4.90 Å². The molecule has 1 aliphatic heterocycles. The minimum atomic E-state index is 0.755. The predicted molar refractivity (Wildman–Crippen MR) is 81.1 cm³/mol. The van der Waals surface area contributed by atoms with Gasteiger partial charge in [-0.25, -0.2) is 0 Å². The van der Waals surface area contributed by atoms with Crippen LogP contribution in [0.4, 0.5) is 0 Å². The smallest absolute Gasteiger partial charge is 0.0233 e. The summed E-state index contributed by atoms with van der Waals surface area (Å²) in [4.78, 5) is 4.93. The molecule has 0 bridgehead atoms. The van der Waals surface area contributed by atoms with E-state index in [2.05, 4.69) is 70.8 Å². The molecule has 0 amide bonds. The van der Waals surface area contributed by atoms with E-state index in [1.165, 1.54) is 35.1 Å². The van der Waals surface area contributed by atoms with Crippen LogP contribution >= 0.6 is 22.6 Å². The van der Waals surface area contributed by atoms with Crippen molar-refractivity contribution in [2.75, 3.05) is 27.2 Å². The van der Waals surface area contributed by atoms with Crippen molar-refractivity contribution in [2.24, 2.45) is 0 Å². The number of halogens is 1. The van der Waals surface area contributed by atoms with E-state index in [9.17, 15) is 0 Å². The van der Waals surface area contributed by atoms with Crippen molar-refractivity contribution in [1.82, 2.24) is 9.80 Å². The van der Waals surface area contributed by atoms with Crippen LogP contribution in [0.1, 0.15) is 18.4 Å². The first-order chi connectivity index (χ1) is 8.15. The molecule has 94 valence electrons. The number of likely N-dealkylation sites (tertiary alicyclic amines) is 1. The van der Waals surface area contributed by atoms with Gasteiger partial charge in [-0.3, -0.25) is 4.90 Å². The molecule has 3 heteroatoms. The summed E-state index contributed by atoms with van der Waals surface area (Å²) in [5, 5.41) is 0. The van der Waals surface area contributed by atoms with Crippen LogP contribution < -0.4 is 0 Å². The third-order valence-corrected chi connectivity index (χ3v) is 4.38. The lowest BCUT2D eigenvalue weighted by Gasteiger charge is -2.35. The quantitative estimate of drug-likeness (QED) is 0.778. The average Bonchev–Trinajstić information content (AvgIpc) is 2.33. The Morgan fingerprint density at radius 3 is 2.41 bits per heavy atom. The molecular weight excluding hydrogens is 323 g/mol. The average molecular weight is 344 g/mol. The van der Waals surface area contributed by atoms with E-state index in [0.717, 1.165) is 12.6 Å². The van der Waals surface area contributed by atoms with Gasteiger partial charge in [0, 0.05) is 16.2 Å². The maximum absolute atomic E-state index is 2.51. The Morgan fingerprint density at radius 1 is 1.24 bits per heavy atom. The minimum Gasteiger partial charge on any atom is -0.306 e. The summed E-state index contributed by atoms with van der Waals surface area (Å²) in [6.07, 6.45) is 2.61. The Balaban J connectivity index is 1.88. The highest BCUT2D eigenvalue weighted by molar-refractivity contribution is 14.1. The van der Waals surface area contributed by atoms with Gasteiger partial charge in [-0.2, -0.15) is 0 Å². The number of nitrogens with zero attached hydrogens (tertiary/aromatic N) is 2. The molecule has 1 heterocycles. The molecule has 1 saturated heterocycles. The van der Waals surface area contributed by atoms with Crippen LogP contribution in [-0.4, -0.2) is 43.0 Å².